The Bertz CT molecular complexity index is 170. The van der Waals surface area contributed by atoms with Gasteiger partial charge in [-0.1, -0.05) is 13.8 Å². The molecule has 2 nitrogen and oxygen atoms in total. The molecule has 12 heavy (non-hydrogen) atoms. The molecular formula is C9H19NOS. The van der Waals surface area contributed by atoms with E-state index < -0.39 is 10.8 Å². The minimum absolute atomic E-state index is 0.325. The largest absolute Gasteiger partial charge is 0.317 e. The summed E-state index contributed by atoms with van der Waals surface area (Å²) in [6.45, 7) is 4.09. The molecule has 0 amide bonds. The topological polar surface area (TPSA) is 29.1 Å². The highest BCUT2D eigenvalue weighted by Crippen LogP contribution is 2.25. The van der Waals surface area contributed by atoms with Crippen molar-refractivity contribution < 1.29 is 4.21 Å². The van der Waals surface area contributed by atoms with Crippen molar-refractivity contribution in [1.82, 2.24) is 5.32 Å². The third-order valence-electron chi connectivity index (χ3n) is 2.59. The summed E-state index contributed by atoms with van der Waals surface area (Å²) < 4.78 is 11.7. The smallest absolute Gasteiger partial charge is 0.0366 e. The highest BCUT2D eigenvalue weighted by atomic mass is 32.2. The second-order valence-electron chi connectivity index (χ2n) is 3.80. The predicted octanol–water partition coefficient (Wildman–Crippen LogP) is 1.28. The Hall–Kier alpha value is 0.110. The standard InChI is InChI=1S/C9H19NOS/c1-7(2)12(11)9-5-4-8(6-9)10-3/h7-10H,4-6H2,1-3H3. The van der Waals surface area contributed by atoms with Crippen molar-refractivity contribution >= 4 is 10.8 Å². The summed E-state index contributed by atoms with van der Waals surface area (Å²) in [5.74, 6) is 0. The van der Waals surface area contributed by atoms with Gasteiger partial charge in [-0.2, -0.15) is 0 Å². The number of hydrogen-bond donors (Lipinski definition) is 1. The summed E-state index contributed by atoms with van der Waals surface area (Å²) in [5, 5.41) is 4.02. The summed E-state index contributed by atoms with van der Waals surface area (Å²) in [7, 11) is 1.38. The summed E-state index contributed by atoms with van der Waals surface area (Å²) in [6, 6.07) is 0.609. The molecule has 0 heterocycles. The molecule has 1 fully saturated rings. The van der Waals surface area contributed by atoms with Gasteiger partial charge in [-0.3, -0.25) is 4.21 Å². The molecule has 1 saturated carbocycles. The molecule has 3 heteroatoms. The Kier molecular flexibility index (Phi) is 3.72. The zero-order valence-electron chi connectivity index (χ0n) is 8.17. The SMILES string of the molecule is CNC1CCC(S(=O)C(C)C)C1. The van der Waals surface area contributed by atoms with Crippen LogP contribution in [0.4, 0.5) is 0 Å². The van der Waals surface area contributed by atoms with E-state index in [0.717, 1.165) is 12.8 Å². The highest BCUT2D eigenvalue weighted by molar-refractivity contribution is 7.86. The fourth-order valence-corrected chi connectivity index (χ4v) is 3.36. The van der Waals surface area contributed by atoms with Crippen LogP contribution in [0.25, 0.3) is 0 Å². The van der Waals surface area contributed by atoms with E-state index in [2.05, 4.69) is 5.32 Å². The van der Waals surface area contributed by atoms with Gasteiger partial charge in [0.2, 0.25) is 0 Å². The van der Waals surface area contributed by atoms with Gasteiger partial charge < -0.3 is 5.32 Å². The molecule has 1 aliphatic rings. The van der Waals surface area contributed by atoms with E-state index in [-0.39, 0.29) is 0 Å². The van der Waals surface area contributed by atoms with Crippen LogP contribution < -0.4 is 5.32 Å². The lowest BCUT2D eigenvalue weighted by Crippen LogP contribution is -2.25. The van der Waals surface area contributed by atoms with E-state index in [0.29, 0.717) is 16.5 Å². The summed E-state index contributed by atoms with van der Waals surface area (Å²) in [5.41, 5.74) is 0. The van der Waals surface area contributed by atoms with Gasteiger partial charge in [-0.25, -0.2) is 0 Å². The van der Waals surface area contributed by atoms with Crippen LogP contribution in [0.1, 0.15) is 33.1 Å². The van der Waals surface area contributed by atoms with Crippen LogP contribution in [0.3, 0.4) is 0 Å². The quantitative estimate of drug-likeness (QED) is 0.724. The molecule has 0 aromatic carbocycles. The van der Waals surface area contributed by atoms with Gasteiger partial charge in [0.15, 0.2) is 0 Å². The first-order chi connectivity index (χ1) is 5.65. The fourth-order valence-electron chi connectivity index (χ4n) is 1.80. The van der Waals surface area contributed by atoms with Crippen molar-refractivity contribution in [3.05, 3.63) is 0 Å². The highest BCUT2D eigenvalue weighted by Gasteiger charge is 2.28. The van der Waals surface area contributed by atoms with Crippen LogP contribution in [-0.2, 0) is 10.8 Å². The van der Waals surface area contributed by atoms with E-state index in [9.17, 15) is 4.21 Å². The van der Waals surface area contributed by atoms with Crippen molar-refractivity contribution in [2.45, 2.75) is 49.7 Å². The molecule has 1 N–H and O–H groups in total. The number of nitrogens with one attached hydrogen (secondary N) is 1. The summed E-state index contributed by atoms with van der Waals surface area (Å²) >= 11 is 0. The zero-order chi connectivity index (χ0) is 9.14. The first kappa shape index (κ1) is 10.2. The van der Waals surface area contributed by atoms with E-state index in [4.69, 9.17) is 0 Å². The zero-order valence-corrected chi connectivity index (χ0v) is 8.99. The van der Waals surface area contributed by atoms with Gasteiger partial charge in [0.1, 0.15) is 0 Å². The Morgan fingerprint density at radius 1 is 1.42 bits per heavy atom. The van der Waals surface area contributed by atoms with Gasteiger partial charge in [-0.15, -0.1) is 0 Å². The number of rotatable bonds is 3. The van der Waals surface area contributed by atoms with Gasteiger partial charge in [0.25, 0.3) is 0 Å². The molecule has 3 atom stereocenters. The maximum Gasteiger partial charge on any atom is 0.0366 e. The fraction of sp³-hybridized carbons (Fsp3) is 1.00. The lowest BCUT2D eigenvalue weighted by Gasteiger charge is -2.12. The second kappa shape index (κ2) is 4.38. The summed E-state index contributed by atoms with van der Waals surface area (Å²) in [6.07, 6.45) is 3.43. The summed E-state index contributed by atoms with van der Waals surface area (Å²) in [4.78, 5) is 0. The van der Waals surface area contributed by atoms with E-state index in [1.807, 2.05) is 20.9 Å². The third-order valence-corrected chi connectivity index (χ3v) is 4.60. The first-order valence-electron chi connectivity index (χ1n) is 4.71. The molecule has 0 aromatic rings. The van der Waals surface area contributed by atoms with Crippen molar-refractivity contribution in [1.29, 1.82) is 0 Å². The third kappa shape index (κ3) is 2.30. The van der Waals surface area contributed by atoms with Crippen LogP contribution in [0, 0.1) is 0 Å². The number of hydrogen-bond acceptors (Lipinski definition) is 2. The molecule has 0 bridgehead atoms. The monoisotopic (exact) mass is 189 g/mol. The van der Waals surface area contributed by atoms with Crippen molar-refractivity contribution in [3.63, 3.8) is 0 Å². The van der Waals surface area contributed by atoms with E-state index >= 15 is 0 Å². The molecule has 0 aliphatic heterocycles. The van der Waals surface area contributed by atoms with Crippen LogP contribution in [0.2, 0.25) is 0 Å². The van der Waals surface area contributed by atoms with Gasteiger partial charge in [0, 0.05) is 27.3 Å². The van der Waals surface area contributed by atoms with Crippen LogP contribution in [0.15, 0.2) is 0 Å². The molecule has 0 radical (unpaired) electrons. The Morgan fingerprint density at radius 3 is 2.50 bits per heavy atom. The van der Waals surface area contributed by atoms with Crippen molar-refractivity contribution in [2.24, 2.45) is 0 Å². The van der Waals surface area contributed by atoms with Crippen molar-refractivity contribution in [3.8, 4) is 0 Å². The predicted molar refractivity (Wildman–Crippen MR) is 53.8 cm³/mol. The van der Waals surface area contributed by atoms with E-state index in [1.54, 1.807) is 0 Å². The molecule has 0 saturated heterocycles. The second-order valence-corrected chi connectivity index (χ2v) is 6.06. The average Bonchev–Trinajstić information content (AvgIpc) is 2.50. The van der Waals surface area contributed by atoms with E-state index in [1.165, 1.54) is 6.42 Å². The molecule has 3 unspecified atom stereocenters. The average molecular weight is 189 g/mol. The minimum Gasteiger partial charge on any atom is -0.317 e. The first-order valence-corrected chi connectivity index (χ1v) is 5.99. The molecule has 0 aromatic heterocycles. The maximum absolute atomic E-state index is 11.7. The lowest BCUT2D eigenvalue weighted by molar-refractivity contribution is 0.581. The van der Waals surface area contributed by atoms with Crippen LogP contribution in [-0.4, -0.2) is 27.8 Å². The molecular weight excluding hydrogens is 170 g/mol. The Morgan fingerprint density at radius 2 is 2.08 bits per heavy atom. The lowest BCUT2D eigenvalue weighted by atomic mass is 10.3. The van der Waals surface area contributed by atoms with Gasteiger partial charge in [-0.05, 0) is 26.3 Å². The van der Waals surface area contributed by atoms with Crippen LogP contribution in [0.5, 0.6) is 0 Å². The molecule has 72 valence electrons. The molecule has 1 rings (SSSR count). The van der Waals surface area contributed by atoms with Crippen LogP contribution >= 0.6 is 0 Å². The Balaban J connectivity index is 2.41. The maximum atomic E-state index is 11.7. The van der Waals surface area contributed by atoms with Gasteiger partial charge in [0.05, 0.1) is 0 Å². The van der Waals surface area contributed by atoms with Gasteiger partial charge >= 0.3 is 0 Å². The minimum atomic E-state index is -0.609. The normalized spacial score (nSPS) is 32.7. The van der Waals surface area contributed by atoms with Crippen molar-refractivity contribution in [2.75, 3.05) is 7.05 Å². The molecule has 0 spiro atoms. The Labute approximate surface area is 77.6 Å². The molecule has 1 aliphatic carbocycles.